The van der Waals surface area contributed by atoms with E-state index in [0.717, 1.165) is 107 Å². The fourth-order valence-electron chi connectivity index (χ4n) is 11.6. The molecule has 2 saturated heterocycles. The van der Waals surface area contributed by atoms with Crippen LogP contribution in [-0.2, 0) is 18.9 Å². The quantitative estimate of drug-likeness (QED) is 0.0367. The molecule has 2 fully saturated rings. The number of ether oxygens (including phenoxy) is 6. The van der Waals surface area contributed by atoms with Crippen LogP contribution >= 0.6 is 0 Å². The van der Waals surface area contributed by atoms with Gasteiger partial charge in [-0.15, -0.1) is 0 Å². The molecule has 78 heavy (non-hydrogen) atoms. The topological polar surface area (TPSA) is 68.3 Å². The highest BCUT2D eigenvalue weighted by atomic mass is 16.6. The highest BCUT2D eigenvalue weighted by Crippen LogP contribution is 2.36. The second-order valence-electron chi connectivity index (χ2n) is 22.6. The first-order valence-corrected chi connectivity index (χ1v) is 30.4. The molecule has 0 radical (unpaired) electrons. The van der Waals surface area contributed by atoms with Crippen molar-refractivity contribution in [3.63, 3.8) is 0 Å². The zero-order chi connectivity index (χ0) is 54.3. The molecule has 4 unspecified atom stereocenters. The number of aromatic nitrogens is 1. The van der Waals surface area contributed by atoms with E-state index in [2.05, 4.69) is 151 Å². The zero-order valence-electron chi connectivity index (χ0n) is 48.6. The summed E-state index contributed by atoms with van der Waals surface area (Å²) < 4.78 is 35.2. The Kier molecular flexibility index (Phi) is 23.7. The molecule has 3 heterocycles. The maximum atomic E-state index is 6.14. The van der Waals surface area contributed by atoms with Crippen molar-refractivity contribution in [2.24, 2.45) is 11.8 Å². The molecule has 7 nitrogen and oxygen atoms in total. The molecule has 8 rings (SSSR count). The van der Waals surface area contributed by atoms with Crippen LogP contribution in [0.5, 0.6) is 11.5 Å². The highest BCUT2D eigenvalue weighted by Gasteiger charge is 2.31. The van der Waals surface area contributed by atoms with Crippen LogP contribution in [0.25, 0.3) is 55.8 Å². The minimum Gasteiger partial charge on any atom is -0.494 e. The average molecular weight is 1060 g/mol. The van der Waals surface area contributed by atoms with Gasteiger partial charge in [0.15, 0.2) is 0 Å². The lowest BCUT2D eigenvalue weighted by molar-refractivity contribution is -0.147. The van der Waals surface area contributed by atoms with Crippen molar-refractivity contribution in [3.8, 4) is 67.3 Å². The molecule has 5 aromatic carbocycles. The van der Waals surface area contributed by atoms with Crippen LogP contribution in [0.4, 0.5) is 0 Å². The third kappa shape index (κ3) is 17.3. The van der Waals surface area contributed by atoms with Gasteiger partial charge in [-0.2, -0.15) is 0 Å². The van der Waals surface area contributed by atoms with Crippen molar-refractivity contribution < 1.29 is 28.4 Å². The molecule has 0 spiro atoms. The van der Waals surface area contributed by atoms with Crippen molar-refractivity contribution >= 4 is 0 Å². The van der Waals surface area contributed by atoms with Gasteiger partial charge in [0.2, 0.25) is 0 Å². The molecule has 6 aromatic rings. The van der Waals surface area contributed by atoms with Crippen LogP contribution in [0.15, 0.2) is 115 Å². The van der Waals surface area contributed by atoms with Gasteiger partial charge in [0.25, 0.3) is 0 Å². The summed E-state index contributed by atoms with van der Waals surface area (Å²) in [5, 5.41) is 0. The maximum absolute atomic E-state index is 6.14. The second-order valence-corrected chi connectivity index (χ2v) is 22.6. The summed E-state index contributed by atoms with van der Waals surface area (Å²) in [6, 6.07) is 39.7. The third-order valence-electron chi connectivity index (χ3n) is 16.6. The van der Waals surface area contributed by atoms with Crippen LogP contribution in [0, 0.1) is 39.5 Å². The van der Waals surface area contributed by atoms with Crippen LogP contribution in [-0.4, -0.2) is 70.0 Å². The van der Waals surface area contributed by atoms with Gasteiger partial charge in [0.05, 0.1) is 57.5 Å². The Morgan fingerprint density at radius 1 is 0.385 bits per heavy atom. The summed E-state index contributed by atoms with van der Waals surface area (Å²) in [5.74, 6) is 3.30. The Morgan fingerprint density at radius 2 is 0.731 bits per heavy atom. The Labute approximate surface area is 470 Å². The van der Waals surface area contributed by atoms with Crippen LogP contribution in [0.1, 0.15) is 152 Å². The van der Waals surface area contributed by atoms with E-state index >= 15 is 0 Å². The molecule has 0 bridgehead atoms. The number of unbranched alkanes of at least 4 members (excludes halogenated alkanes) is 14. The van der Waals surface area contributed by atoms with E-state index in [1.165, 1.54) is 151 Å². The van der Waals surface area contributed by atoms with Crippen molar-refractivity contribution in [1.82, 2.24) is 4.98 Å². The second kappa shape index (κ2) is 31.5. The van der Waals surface area contributed by atoms with Gasteiger partial charge in [-0.25, -0.2) is 0 Å². The minimum atomic E-state index is 0.341. The molecular formula is C71H93NO6. The summed E-state index contributed by atoms with van der Waals surface area (Å²) in [6.07, 6.45) is 25.0. The Bertz CT molecular complexity index is 2440. The lowest BCUT2D eigenvalue weighted by Gasteiger charge is -2.35. The van der Waals surface area contributed by atoms with Gasteiger partial charge < -0.3 is 28.4 Å². The monoisotopic (exact) mass is 1060 g/mol. The molecule has 418 valence electrons. The minimum absolute atomic E-state index is 0.341. The van der Waals surface area contributed by atoms with E-state index in [1.807, 2.05) is 6.20 Å². The summed E-state index contributed by atoms with van der Waals surface area (Å²) in [5.41, 5.74) is 16.8. The zero-order valence-corrected chi connectivity index (χ0v) is 48.6. The first-order chi connectivity index (χ1) is 38.3. The molecule has 0 saturated carbocycles. The summed E-state index contributed by atoms with van der Waals surface area (Å²) >= 11 is 0. The van der Waals surface area contributed by atoms with Gasteiger partial charge >= 0.3 is 0 Å². The van der Waals surface area contributed by atoms with Crippen molar-refractivity contribution in [2.75, 3.05) is 52.9 Å². The highest BCUT2D eigenvalue weighted by molar-refractivity contribution is 5.80. The van der Waals surface area contributed by atoms with E-state index in [4.69, 9.17) is 33.4 Å². The number of hydrogen-bond donors (Lipinski definition) is 0. The number of pyridine rings is 1. The molecule has 0 aliphatic carbocycles. The molecule has 4 atom stereocenters. The predicted molar refractivity (Wildman–Crippen MR) is 324 cm³/mol. The molecule has 1 aromatic heterocycles. The van der Waals surface area contributed by atoms with E-state index in [1.54, 1.807) is 0 Å². The molecule has 0 amide bonds. The fraction of sp³-hybridized carbons (Fsp3) is 0.507. The van der Waals surface area contributed by atoms with Gasteiger partial charge in [0.1, 0.15) is 11.5 Å². The number of hydrogen-bond acceptors (Lipinski definition) is 7. The smallest absolute Gasteiger partial charge is 0.119 e. The first kappa shape index (κ1) is 58.8. The summed E-state index contributed by atoms with van der Waals surface area (Å²) in [4.78, 5) is 4.98. The lowest BCUT2D eigenvalue weighted by Crippen LogP contribution is -2.42. The number of aryl methyl sites for hydroxylation is 4. The van der Waals surface area contributed by atoms with Gasteiger partial charge in [0, 0.05) is 42.4 Å². The number of rotatable bonds is 35. The van der Waals surface area contributed by atoms with Gasteiger partial charge in [-0.3, -0.25) is 4.98 Å². The molecule has 2 aliphatic heterocycles. The lowest BCUT2D eigenvalue weighted by atomic mass is 9.90. The normalized spacial score (nSPS) is 16.9. The largest absolute Gasteiger partial charge is 0.494 e. The first-order valence-electron chi connectivity index (χ1n) is 30.4. The van der Waals surface area contributed by atoms with Crippen LogP contribution < -0.4 is 9.47 Å². The van der Waals surface area contributed by atoms with Gasteiger partial charge in [-0.1, -0.05) is 170 Å². The molecule has 2 aliphatic rings. The van der Waals surface area contributed by atoms with Gasteiger partial charge in [-0.05, 0) is 158 Å². The predicted octanol–water partition coefficient (Wildman–Crippen LogP) is 18.5. The van der Waals surface area contributed by atoms with E-state index in [0.29, 0.717) is 24.0 Å². The SMILES string of the molecule is CCC1COC1COCCCCCCCCCCOc1ccc(-c2cc(C)c(-c3ccc(-c4ccc(-c5c(C)cc(-c6ccc(OCCCCCCCCCCOCC7OCC7CC)cc6)cc5C)cn4)cc3)c(C)c2)cc1. The average Bonchev–Trinajstić information content (AvgIpc) is 3.44. The van der Waals surface area contributed by atoms with E-state index < -0.39 is 0 Å². The van der Waals surface area contributed by atoms with Crippen LogP contribution in [0.2, 0.25) is 0 Å². The standard InChI is InChI=1S/C71H93NO6/c1-7-56-48-77-68(56)50-73-39-21-17-13-9-11-15-19-23-41-75-65-34-29-58(30-35-65)63-43-52(3)70(53(4)44-63)61-27-25-60(26-28-61)67-38-33-62(47-72-67)71-54(5)45-64(46-55(71)6)59-31-36-66(37-32-59)76-42-24-20-16-12-10-14-18-22-40-74-51-69-57(8-2)49-78-69/h25-38,43-47,56-57,68-69H,7-24,39-42,48-51H2,1-6H3. The molecule has 0 N–H and O–H groups in total. The van der Waals surface area contributed by atoms with Crippen LogP contribution in [0.3, 0.4) is 0 Å². The van der Waals surface area contributed by atoms with Crippen molar-refractivity contribution in [3.05, 3.63) is 138 Å². The van der Waals surface area contributed by atoms with E-state index in [9.17, 15) is 0 Å². The fourth-order valence-corrected chi connectivity index (χ4v) is 11.6. The maximum Gasteiger partial charge on any atom is 0.119 e. The number of nitrogens with zero attached hydrogens (tertiary/aromatic N) is 1. The molecular weight excluding hydrogens is 963 g/mol. The third-order valence-corrected chi connectivity index (χ3v) is 16.6. The van der Waals surface area contributed by atoms with Crippen molar-refractivity contribution in [2.45, 2.75) is 169 Å². The Balaban J connectivity index is 0.715. The number of benzene rings is 5. The van der Waals surface area contributed by atoms with E-state index in [-0.39, 0.29) is 0 Å². The van der Waals surface area contributed by atoms with Crippen molar-refractivity contribution in [1.29, 1.82) is 0 Å². The molecule has 7 heteroatoms. The Morgan fingerprint density at radius 3 is 1.09 bits per heavy atom. The Hall–Kier alpha value is -5.31. The summed E-state index contributed by atoms with van der Waals surface area (Å²) in [7, 11) is 0. The summed E-state index contributed by atoms with van der Waals surface area (Å²) in [6.45, 7) is 20.0.